The largest absolute Gasteiger partial charge is 0.370 e. The third kappa shape index (κ3) is 5.05. The van der Waals surface area contributed by atoms with Gasteiger partial charge in [-0.15, -0.1) is 0 Å². The average molecular weight is 352 g/mol. The topological polar surface area (TPSA) is 48.5 Å². The van der Waals surface area contributed by atoms with Crippen LogP contribution in [0.3, 0.4) is 0 Å². The van der Waals surface area contributed by atoms with Gasteiger partial charge in [-0.1, -0.05) is 43.7 Å². The molecule has 0 atom stereocenters. The van der Waals surface area contributed by atoms with Gasteiger partial charge < -0.3 is 10.2 Å². The smallest absolute Gasteiger partial charge is 0.255 e. The van der Waals surface area contributed by atoms with Crippen LogP contribution in [-0.2, 0) is 6.54 Å². The van der Waals surface area contributed by atoms with Crippen molar-refractivity contribution in [3.8, 4) is 0 Å². The molecule has 1 fully saturated rings. The highest BCUT2D eigenvalue weighted by Gasteiger charge is 2.22. The summed E-state index contributed by atoms with van der Waals surface area (Å²) in [6.45, 7) is 7.37. The van der Waals surface area contributed by atoms with Gasteiger partial charge in [0.2, 0.25) is 0 Å². The first-order valence-corrected chi connectivity index (χ1v) is 9.51. The summed E-state index contributed by atoms with van der Waals surface area (Å²) >= 11 is 0. The van der Waals surface area contributed by atoms with E-state index in [1.54, 1.807) is 6.20 Å². The first kappa shape index (κ1) is 18.4. The van der Waals surface area contributed by atoms with Crippen LogP contribution >= 0.6 is 0 Å². The number of rotatable bonds is 7. The Morgan fingerprint density at radius 1 is 1.08 bits per heavy atom. The van der Waals surface area contributed by atoms with Gasteiger partial charge in [-0.3, -0.25) is 9.69 Å². The molecule has 3 rings (SSSR count). The molecular weight excluding hydrogens is 324 g/mol. The quantitative estimate of drug-likeness (QED) is 0.777. The maximum atomic E-state index is 12.7. The Morgan fingerprint density at radius 3 is 2.50 bits per heavy atom. The Bertz CT molecular complexity index is 679. The summed E-state index contributed by atoms with van der Waals surface area (Å²) in [7, 11) is 0. The second-order valence-electron chi connectivity index (χ2n) is 6.77. The van der Waals surface area contributed by atoms with Gasteiger partial charge in [0, 0.05) is 45.5 Å². The lowest BCUT2D eigenvalue weighted by Crippen LogP contribution is -2.48. The van der Waals surface area contributed by atoms with Crippen LogP contribution in [0.15, 0.2) is 48.7 Å². The van der Waals surface area contributed by atoms with Gasteiger partial charge in [-0.05, 0) is 24.1 Å². The fourth-order valence-corrected chi connectivity index (χ4v) is 3.15. The average Bonchev–Trinajstić information content (AvgIpc) is 2.70. The molecule has 1 amide bonds. The molecule has 1 aromatic carbocycles. The summed E-state index contributed by atoms with van der Waals surface area (Å²) in [6, 6.07) is 14.3. The molecule has 2 heterocycles. The Morgan fingerprint density at radius 2 is 1.85 bits per heavy atom. The third-order valence-electron chi connectivity index (χ3n) is 4.76. The number of carbonyl (C=O) groups excluding carboxylic acids is 1. The van der Waals surface area contributed by atoms with Crippen molar-refractivity contribution in [1.82, 2.24) is 14.8 Å². The van der Waals surface area contributed by atoms with Crippen LogP contribution in [-0.4, -0.2) is 53.4 Å². The minimum atomic E-state index is 0.0805. The van der Waals surface area contributed by atoms with Gasteiger partial charge in [0.25, 0.3) is 5.91 Å². The van der Waals surface area contributed by atoms with Crippen molar-refractivity contribution in [2.75, 3.05) is 38.0 Å². The molecule has 0 spiro atoms. The van der Waals surface area contributed by atoms with Crippen molar-refractivity contribution >= 4 is 11.7 Å². The fourth-order valence-electron chi connectivity index (χ4n) is 3.15. The van der Waals surface area contributed by atoms with Crippen LogP contribution in [0.25, 0.3) is 0 Å². The van der Waals surface area contributed by atoms with E-state index in [1.165, 1.54) is 5.56 Å². The van der Waals surface area contributed by atoms with Gasteiger partial charge in [0.05, 0.1) is 5.56 Å². The van der Waals surface area contributed by atoms with Crippen molar-refractivity contribution in [3.63, 3.8) is 0 Å². The SMILES string of the molecule is CCCCNc1ccc(C(=O)N2CCN(Cc3ccccc3)CC2)cn1. The van der Waals surface area contributed by atoms with Gasteiger partial charge in [0.15, 0.2) is 0 Å². The molecule has 26 heavy (non-hydrogen) atoms. The monoisotopic (exact) mass is 352 g/mol. The second kappa shape index (κ2) is 9.34. The Labute approximate surface area is 156 Å². The molecule has 0 unspecified atom stereocenters. The molecule has 2 aromatic rings. The van der Waals surface area contributed by atoms with E-state index in [-0.39, 0.29) is 5.91 Å². The molecule has 138 valence electrons. The van der Waals surface area contributed by atoms with Crippen LogP contribution in [0.4, 0.5) is 5.82 Å². The molecule has 5 nitrogen and oxygen atoms in total. The predicted octanol–water partition coefficient (Wildman–Crippen LogP) is 3.25. The summed E-state index contributed by atoms with van der Waals surface area (Å²) in [5.74, 6) is 0.916. The highest BCUT2D eigenvalue weighted by Crippen LogP contribution is 2.12. The van der Waals surface area contributed by atoms with E-state index in [9.17, 15) is 4.79 Å². The van der Waals surface area contributed by atoms with E-state index in [0.717, 1.165) is 57.9 Å². The summed E-state index contributed by atoms with van der Waals surface area (Å²) in [5.41, 5.74) is 1.99. The highest BCUT2D eigenvalue weighted by molar-refractivity contribution is 5.94. The van der Waals surface area contributed by atoms with E-state index >= 15 is 0 Å². The van der Waals surface area contributed by atoms with Crippen molar-refractivity contribution in [2.45, 2.75) is 26.3 Å². The summed E-state index contributed by atoms with van der Waals surface area (Å²) in [6.07, 6.45) is 3.96. The second-order valence-corrected chi connectivity index (χ2v) is 6.77. The van der Waals surface area contributed by atoms with E-state index in [0.29, 0.717) is 5.56 Å². The summed E-state index contributed by atoms with van der Waals surface area (Å²) < 4.78 is 0. The van der Waals surface area contributed by atoms with E-state index < -0.39 is 0 Å². The van der Waals surface area contributed by atoms with E-state index in [4.69, 9.17) is 0 Å². The standard InChI is InChI=1S/C21H28N4O/c1-2-3-11-22-20-10-9-19(16-23-20)21(26)25-14-12-24(13-15-25)17-18-7-5-4-6-8-18/h4-10,16H,2-3,11-15,17H2,1H3,(H,22,23). The summed E-state index contributed by atoms with van der Waals surface area (Å²) in [5, 5.41) is 3.28. The number of hydrogen-bond donors (Lipinski definition) is 1. The lowest BCUT2D eigenvalue weighted by atomic mass is 10.2. The highest BCUT2D eigenvalue weighted by atomic mass is 16.2. The number of pyridine rings is 1. The number of carbonyl (C=O) groups is 1. The zero-order valence-corrected chi connectivity index (χ0v) is 15.5. The molecule has 0 aliphatic carbocycles. The van der Waals surface area contributed by atoms with Crippen LogP contribution < -0.4 is 5.32 Å². The van der Waals surface area contributed by atoms with Crippen LogP contribution in [0.2, 0.25) is 0 Å². The van der Waals surface area contributed by atoms with Crippen LogP contribution in [0.1, 0.15) is 35.7 Å². The number of nitrogens with one attached hydrogen (secondary N) is 1. The number of aromatic nitrogens is 1. The predicted molar refractivity (Wildman–Crippen MR) is 105 cm³/mol. The Hall–Kier alpha value is -2.40. The Kier molecular flexibility index (Phi) is 6.61. The molecule has 1 N–H and O–H groups in total. The van der Waals surface area contributed by atoms with Gasteiger partial charge in [0.1, 0.15) is 5.82 Å². The molecule has 1 aromatic heterocycles. The first-order chi connectivity index (χ1) is 12.8. The van der Waals surface area contributed by atoms with Gasteiger partial charge in [-0.25, -0.2) is 4.98 Å². The maximum Gasteiger partial charge on any atom is 0.255 e. The van der Waals surface area contributed by atoms with Gasteiger partial charge >= 0.3 is 0 Å². The molecule has 0 bridgehead atoms. The number of amides is 1. The lowest BCUT2D eigenvalue weighted by molar-refractivity contribution is 0.0628. The van der Waals surface area contributed by atoms with E-state index in [2.05, 4.69) is 46.4 Å². The van der Waals surface area contributed by atoms with Crippen LogP contribution in [0, 0.1) is 0 Å². The number of unbranched alkanes of at least 4 members (excludes halogenated alkanes) is 1. The molecule has 5 heteroatoms. The van der Waals surface area contributed by atoms with Crippen molar-refractivity contribution in [2.24, 2.45) is 0 Å². The maximum absolute atomic E-state index is 12.7. The third-order valence-corrected chi connectivity index (χ3v) is 4.76. The minimum absolute atomic E-state index is 0.0805. The number of benzene rings is 1. The van der Waals surface area contributed by atoms with Gasteiger partial charge in [-0.2, -0.15) is 0 Å². The molecule has 0 saturated carbocycles. The minimum Gasteiger partial charge on any atom is -0.370 e. The number of piperazine rings is 1. The molecule has 1 saturated heterocycles. The normalized spacial score (nSPS) is 15.0. The molecular formula is C21H28N4O. The fraction of sp³-hybridized carbons (Fsp3) is 0.429. The van der Waals surface area contributed by atoms with Crippen molar-refractivity contribution in [3.05, 3.63) is 59.8 Å². The number of anilines is 1. The number of nitrogens with zero attached hydrogens (tertiary/aromatic N) is 3. The van der Waals surface area contributed by atoms with Crippen molar-refractivity contribution in [1.29, 1.82) is 0 Å². The number of hydrogen-bond acceptors (Lipinski definition) is 4. The molecule has 1 aliphatic heterocycles. The molecule has 1 aliphatic rings. The zero-order valence-electron chi connectivity index (χ0n) is 15.5. The van der Waals surface area contributed by atoms with E-state index in [1.807, 2.05) is 23.1 Å². The summed E-state index contributed by atoms with van der Waals surface area (Å²) in [4.78, 5) is 21.4. The molecule has 0 radical (unpaired) electrons. The zero-order chi connectivity index (χ0) is 18.2. The Balaban J connectivity index is 1.48. The van der Waals surface area contributed by atoms with Crippen LogP contribution in [0.5, 0.6) is 0 Å². The lowest BCUT2D eigenvalue weighted by Gasteiger charge is -2.34. The first-order valence-electron chi connectivity index (χ1n) is 9.51. The van der Waals surface area contributed by atoms with Crippen molar-refractivity contribution < 1.29 is 4.79 Å².